The Morgan fingerprint density at radius 3 is 2.47 bits per heavy atom. The molecule has 32 heavy (non-hydrogen) atoms. The average molecular weight is 547 g/mol. The van der Waals surface area contributed by atoms with Gasteiger partial charge in [-0.1, -0.05) is 11.6 Å². The van der Waals surface area contributed by atoms with Gasteiger partial charge in [0.2, 0.25) is 10.0 Å². The van der Waals surface area contributed by atoms with Crippen LogP contribution in [0.4, 0.5) is 4.39 Å². The molecule has 6 nitrogen and oxygen atoms in total. The SMILES string of the molecule is O=C(O)c1cc(C2CC2)c(OCC2CCN(S(=O)(=O)c3ccc(Br)c(Cl)c3)CC2)cc1F. The number of carbonyl (C=O) groups is 1. The highest BCUT2D eigenvalue weighted by molar-refractivity contribution is 9.10. The van der Waals surface area contributed by atoms with Crippen LogP contribution < -0.4 is 4.74 Å². The lowest BCUT2D eigenvalue weighted by Gasteiger charge is -2.31. The topological polar surface area (TPSA) is 83.9 Å². The van der Waals surface area contributed by atoms with E-state index in [9.17, 15) is 22.7 Å². The molecule has 0 unspecified atom stereocenters. The molecule has 10 heteroatoms. The molecule has 2 aliphatic rings. The Kier molecular flexibility index (Phi) is 6.81. The largest absolute Gasteiger partial charge is 0.493 e. The maximum Gasteiger partial charge on any atom is 0.338 e. The zero-order chi connectivity index (χ0) is 23.0. The van der Waals surface area contributed by atoms with Crippen LogP contribution in [0.25, 0.3) is 0 Å². The third kappa shape index (κ3) is 4.95. The molecule has 4 rings (SSSR count). The van der Waals surface area contributed by atoms with Gasteiger partial charge in [-0.3, -0.25) is 0 Å². The van der Waals surface area contributed by atoms with Crippen molar-refractivity contribution in [3.63, 3.8) is 0 Å². The number of carboxylic acid groups (broad SMARTS) is 1. The van der Waals surface area contributed by atoms with Crippen LogP contribution in [0.1, 0.15) is 47.5 Å². The van der Waals surface area contributed by atoms with Gasteiger partial charge in [0.05, 0.1) is 22.1 Å². The molecule has 2 aromatic rings. The average Bonchev–Trinajstić information content (AvgIpc) is 3.59. The summed E-state index contributed by atoms with van der Waals surface area (Å²) < 4.78 is 48.0. The molecule has 1 saturated carbocycles. The normalized spacial score (nSPS) is 18.0. The minimum atomic E-state index is -3.64. The van der Waals surface area contributed by atoms with E-state index < -0.39 is 21.8 Å². The molecule has 0 amide bonds. The van der Waals surface area contributed by atoms with Gasteiger partial charge in [0.1, 0.15) is 11.6 Å². The van der Waals surface area contributed by atoms with Gasteiger partial charge in [-0.25, -0.2) is 17.6 Å². The van der Waals surface area contributed by atoms with Crippen LogP contribution in [0, 0.1) is 11.7 Å². The van der Waals surface area contributed by atoms with Gasteiger partial charge in [-0.2, -0.15) is 4.31 Å². The van der Waals surface area contributed by atoms with Crippen molar-refractivity contribution in [2.75, 3.05) is 19.7 Å². The lowest BCUT2D eigenvalue weighted by molar-refractivity contribution is 0.0691. The molecular weight excluding hydrogens is 525 g/mol. The van der Waals surface area contributed by atoms with Gasteiger partial charge in [-0.05, 0) is 83.3 Å². The van der Waals surface area contributed by atoms with E-state index in [4.69, 9.17) is 16.3 Å². The first-order chi connectivity index (χ1) is 15.2. The van der Waals surface area contributed by atoms with Crippen LogP contribution in [-0.4, -0.2) is 43.5 Å². The zero-order valence-electron chi connectivity index (χ0n) is 17.1. The van der Waals surface area contributed by atoms with E-state index in [2.05, 4.69) is 15.9 Å². The summed E-state index contributed by atoms with van der Waals surface area (Å²) in [7, 11) is -3.64. The number of hydrogen-bond acceptors (Lipinski definition) is 4. The molecule has 1 aliphatic carbocycles. The fraction of sp³-hybridized carbons (Fsp3) is 0.409. The molecule has 0 atom stereocenters. The van der Waals surface area contributed by atoms with Gasteiger partial charge in [-0.15, -0.1) is 0 Å². The van der Waals surface area contributed by atoms with Crippen LogP contribution in [-0.2, 0) is 10.0 Å². The van der Waals surface area contributed by atoms with Crippen LogP contribution in [0.5, 0.6) is 5.75 Å². The molecule has 0 radical (unpaired) electrons. The monoisotopic (exact) mass is 545 g/mol. The first kappa shape index (κ1) is 23.5. The number of benzene rings is 2. The molecule has 0 bridgehead atoms. The number of aromatic carboxylic acids is 1. The van der Waals surface area contributed by atoms with Crippen LogP contribution >= 0.6 is 27.5 Å². The zero-order valence-corrected chi connectivity index (χ0v) is 20.2. The number of piperidine rings is 1. The molecule has 1 N–H and O–H groups in total. The highest BCUT2D eigenvalue weighted by atomic mass is 79.9. The summed E-state index contributed by atoms with van der Waals surface area (Å²) in [6.45, 7) is 1.03. The quantitative estimate of drug-likeness (QED) is 0.510. The van der Waals surface area contributed by atoms with Crippen molar-refractivity contribution >= 4 is 43.5 Å². The lowest BCUT2D eigenvalue weighted by Crippen LogP contribution is -2.39. The van der Waals surface area contributed by atoms with Gasteiger partial charge in [0.25, 0.3) is 0 Å². The van der Waals surface area contributed by atoms with Crippen LogP contribution in [0.3, 0.4) is 0 Å². The first-order valence-corrected chi connectivity index (χ1v) is 12.9. The number of ether oxygens (including phenoxy) is 1. The van der Waals surface area contributed by atoms with Gasteiger partial charge in [0.15, 0.2) is 0 Å². The molecule has 172 valence electrons. The second-order valence-electron chi connectivity index (χ2n) is 8.18. The van der Waals surface area contributed by atoms with Crippen LogP contribution in [0.2, 0.25) is 5.02 Å². The second-order valence-corrected chi connectivity index (χ2v) is 11.4. The van der Waals surface area contributed by atoms with E-state index in [0.29, 0.717) is 47.8 Å². The predicted molar refractivity (Wildman–Crippen MR) is 121 cm³/mol. The number of nitrogens with zero attached hydrogens (tertiary/aromatic N) is 1. The minimum Gasteiger partial charge on any atom is -0.493 e. The minimum absolute atomic E-state index is 0.115. The number of sulfonamides is 1. The Labute approximate surface area is 199 Å². The number of carboxylic acids is 1. The first-order valence-electron chi connectivity index (χ1n) is 10.3. The third-order valence-corrected chi connectivity index (χ3v) is 9.05. The smallest absolute Gasteiger partial charge is 0.338 e. The Morgan fingerprint density at radius 2 is 1.88 bits per heavy atom. The van der Waals surface area contributed by atoms with Crippen molar-refractivity contribution in [1.29, 1.82) is 0 Å². The van der Waals surface area contributed by atoms with Gasteiger partial charge < -0.3 is 9.84 Å². The predicted octanol–water partition coefficient (Wildman–Crippen LogP) is 5.30. The fourth-order valence-corrected chi connectivity index (χ4v) is 5.87. The molecule has 0 aromatic heterocycles. The van der Waals surface area contributed by atoms with Crippen LogP contribution in [0.15, 0.2) is 39.7 Å². The van der Waals surface area contributed by atoms with E-state index in [0.717, 1.165) is 24.5 Å². The highest BCUT2D eigenvalue weighted by Gasteiger charge is 2.32. The number of halogens is 3. The molecule has 2 fully saturated rings. The van der Waals surface area contributed by atoms with E-state index >= 15 is 0 Å². The third-order valence-electron chi connectivity index (χ3n) is 5.92. The van der Waals surface area contributed by atoms with Crippen molar-refractivity contribution in [3.05, 3.63) is 56.8 Å². The van der Waals surface area contributed by atoms with E-state index in [1.807, 2.05) is 0 Å². The fourth-order valence-electron chi connectivity index (χ4n) is 3.88. The maximum absolute atomic E-state index is 14.2. The number of hydrogen-bond donors (Lipinski definition) is 1. The Morgan fingerprint density at radius 1 is 1.19 bits per heavy atom. The Hall–Kier alpha value is -1.68. The summed E-state index contributed by atoms with van der Waals surface area (Å²) in [4.78, 5) is 11.4. The lowest BCUT2D eigenvalue weighted by atomic mass is 9.99. The van der Waals surface area contributed by atoms with Gasteiger partial charge >= 0.3 is 5.97 Å². The molecule has 0 spiro atoms. The van der Waals surface area contributed by atoms with Gasteiger partial charge in [0, 0.05) is 23.6 Å². The van der Waals surface area contributed by atoms with E-state index in [-0.39, 0.29) is 22.3 Å². The van der Waals surface area contributed by atoms with Crippen molar-refractivity contribution in [1.82, 2.24) is 4.31 Å². The van der Waals surface area contributed by atoms with Crippen molar-refractivity contribution in [3.8, 4) is 5.75 Å². The summed E-state index contributed by atoms with van der Waals surface area (Å²) in [5.74, 6) is -1.41. The standard InChI is InChI=1S/C22H22BrClFNO5S/c23-18-4-3-15(9-19(18)24)32(29,30)26-7-5-13(6-8-26)12-31-21-11-20(25)17(22(27)28)10-16(21)14-1-2-14/h3-4,9-11,13-14H,1-2,5-8,12H2,(H,27,28). The summed E-state index contributed by atoms with van der Waals surface area (Å²) in [5.41, 5.74) is 0.391. The molecule has 1 aliphatic heterocycles. The molecule has 1 saturated heterocycles. The Balaban J connectivity index is 1.39. The summed E-state index contributed by atoms with van der Waals surface area (Å²) in [6.07, 6.45) is 3.07. The van der Waals surface area contributed by atoms with Crippen molar-refractivity contribution in [2.45, 2.75) is 36.5 Å². The maximum atomic E-state index is 14.2. The van der Waals surface area contributed by atoms with Crippen molar-refractivity contribution in [2.24, 2.45) is 5.92 Å². The summed E-state index contributed by atoms with van der Waals surface area (Å²) in [5, 5.41) is 9.51. The highest BCUT2D eigenvalue weighted by Crippen LogP contribution is 2.45. The van der Waals surface area contributed by atoms with E-state index in [1.54, 1.807) is 6.07 Å². The van der Waals surface area contributed by atoms with Crippen molar-refractivity contribution < 1.29 is 27.4 Å². The molecule has 2 aromatic carbocycles. The second kappa shape index (κ2) is 9.29. The van der Waals surface area contributed by atoms with E-state index in [1.165, 1.54) is 22.5 Å². The molecule has 1 heterocycles. The summed E-state index contributed by atoms with van der Waals surface area (Å²) in [6, 6.07) is 7.11. The Bertz CT molecular complexity index is 1150. The summed E-state index contributed by atoms with van der Waals surface area (Å²) >= 11 is 9.32. The number of rotatable bonds is 7. The molecular formula is C22H22BrClFNO5S.